The number of hydrazine groups is 1. The molecule has 36 heavy (non-hydrogen) atoms. The first-order valence-electron chi connectivity index (χ1n) is 12.3. The molecule has 2 heterocycles. The summed E-state index contributed by atoms with van der Waals surface area (Å²) < 4.78 is 5.20. The number of fused-ring (bicyclic) bond motifs is 1. The molecule has 0 aliphatic carbocycles. The Labute approximate surface area is 212 Å². The van der Waals surface area contributed by atoms with Crippen molar-refractivity contribution in [2.75, 3.05) is 27.2 Å². The zero-order valence-corrected chi connectivity index (χ0v) is 21.4. The third kappa shape index (κ3) is 5.46. The fraction of sp³-hybridized carbons (Fsp3) is 0.444. The Hall–Kier alpha value is -3.59. The molecule has 2 saturated heterocycles. The van der Waals surface area contributed by atoms with Gasteiger partial charge in [-0.3, -0.25) is 9.59 Å². The van der Waals surface area contributed by atoms with Crippen molar-refractivity contribution in [3.63, 3.8) is 0 Å². The second-order valence-corrected chi connectivity index (χ2v) is 9.80. The minimum atomic E-state index is -0.606. The molecule has 2 aromatic carbocycles. The van der Waals surface area contributed by atoms with Crippen molar-refractivity contribution >= 4 is 17.8 Å². The minimum absolute atomic E-state index is 0.0347. The molecule has 9 heteroatoms. The van der Waals surface area contributed by atoms with Gasteiger partial charge in [-0.15, -0.1) is 0 Å². The van der Waals surface area contributed by atoms with Crippen LogP contribution in [0, 0.1) is 5.92 Å². The Kier molecular flexibility index (Phi) is 7.79. The average molecular weight is 494 g/mol. The van der Waals surface area contributed by atoms with Gasteiger partial charge >= 0.3 is 6.03 Å². The molecule has 0 spiro atoms. The molecule has 2 aliphatic rings. The van der Waals surface area contributed by atoms with Crippen molar-refractivity contribution in [1.29, 1.82) is 0 Å². The molecule has 0 unspecified atom stereocenters. The monoisotopic (exact) mass is 493 g/mol. The maximum absolute atomic E-state index is 13.6. The number of rotatable bonds is 7. The normalized spacial score (nSPS) is 20.5. The summed E-state index contributed by atoms with van der Waals surface area (Å²) in [6.07, 6.45) is -0.0468. The van der Waals surface area contributed by atoms with E-state index in [1.165, 1.54) is 0 Å². The number of carbonyl (C=O) groups is 3. The summed E-state index contributed by atoms with van der Waals surface area (Å²) in [6, 6.07) is 16.4. The van der Waals surface area contributed by atoms with E-state index >= 15 is 0 Å². The van der Waals surface area contributed by atoms with Crippen LogP contribution in [0.15, 0.2) is 54.6 Å². The van der Waals surface area contributed by atoms with Crippen LogP contribution in [0.2, 0.25) is 0 Å². The Morgan fingerprint density at radius 3 is 2.39 bits per heavy atom. The topological polar surface area (TPSA) is 85.4 Å². The zero-order chi connectivity index (χ0) is 25.8. The molecule has 2 fully saturated rings. The van der Waals surface area contributed by atoms with E-state index in [1.807, 2.05) is 68.4 Å². The molecule has 2 aromatic rings. The van der Waals surface area contributed by atoms with E-state index in [-0.39, 0.29) is 36.9 Å². The Morgan fingerprint density at radius 1 is 1.06 bits per heavy atom. The highest BCUT2D eigenvalue weighted by molar-refractivity contribution is 5.91. The van der Waals surface area contributed by atoms with Crippen LogP contribution in [0.25, 0.3) is 0 Å². The SMILES string of the molecule is COc1ccc(CNC(=O)N2[C@H]3CN(Cc4ccccc4)C(=O)[C@H](CC(C)C)N3C(=O)CN2C)cc1. The Bertz CT molecular complexity index is 1080. The van der Waals surface area contributed by atoms with E-state index in [0.717, 1.165) is 16.9 Å². The first kappa shape index (κ1) is 25.5. The van der Waals surface area contributed by atoms with Gasteiger partial charge in [0.15, 0.2) is 0 Å². The second kappa shape index (κ2) is 11.0. The van der Waals surface area contributed by atoms with Crippen LogP contribution in [-0.4, -0.2) is 77.1 Å². The van der Waals surface area contributed by atoms with Crippen LogP contribution in [0.3, 0.4) is 0 Å². The summed E-state index contributed by atoms with van der Waals surface area (Å²) in [7, 11) is 3.34. The summed E-state index contributed by atoms with van der Waals surface area (Å²) in [5.41, 5.74) is 1.94. The number of carbonyl (C=O) groups excluding carboxylic acids is 3. The molecular formula is C27H35N5O4. The molecule has 4 rings (SSSR count). The second-order valence-electron chi connectivity index (χ2n) is 9.80. The third-order valence-electron chi connectivity index (χ3n) is 6.66. The number of hydrogen-bond acceptors (Lipinski definition) is 5. The third-order valence-corrected chi connectivity index (χ3v) is 6.66. The summed E-state index contributed by atoms with van der Waals surface area (Å²) in [4.78, 5) is 43.6. The minimum Gasteiger partial charge on any atom is -0.497 e. The number of nitrogens with one attached hydrogen (secondary N) is 1. The van der Waals surface area contributed by atoms with E-state index in [1.54, 1.807) is 34.0 Å². The maximum Gasteiger partial charge on any atom is 0.334 e. The quantitative estimate of drug-likeness (QED) is 0.641. The van der Waals surface area contributed by atoms with Crippen LogP contribution in [0.1, 0.15) is 31.4 Å². The summed E-state index contributed by atoms with van der Waals surface area (Å²) >= 11 is 0. The van der Waals surface area contributed by atoms with Gasteiger partial charge in [-0.05, 0) is 35.6 Å². The van der Waals surface area contributed by atoms with Gasteiger partial charge in [0.1, 0.15) is 18.0 Å². The van der Waals surface area contributed by atoms with Gasteiger partial charge in [0.2, 0.25) is 11.8 Å². The van der Waals surface area contributed by atoms with Crippen molar-refractivity contribution in [2.24, 2.45) is 5.92 Å². The molecule has 1 N–H and O–H groups in total. The van der Waals surface area contributed by atoms with Crippen LogP contribution in [0.4, 0.5) is 4.79 Å². The average Bonchev–Trinajstić information content (AvgIpc) is 2.85. The lowest BCUT2D eigenvalue weighted by atomic mass is 9.96. The lowest BCUT2D eigenvalue weighted by Crippen LogP contribution is -2.75. The van der Waals surface area contributed by atoms with Gasteiger partial charge in [-0.25, -0.2) is 14.8 Å². The highest BCUT2D eigenvalue weighted by atomic mass is 16.5. The number of piperazine rings is 1. The molecule has 192 valence electrons. The van der Waals surface area contributed by atoms with Crippen LogP contribution in [-0.2, 0) is 22.7 Å². The molecule has 0 saturated carbocycles. The number of amides is 4. The first-order valence-corrected chi connectivity index (χ1v) is 12.3. The van der Waals surface area contributed by atoms with Crippen molar-refractivity contribution in [2.45, 2.75) is 45.6 Å². The van der Waals surface area contributed by atoms with Gasteiger partial charge in [0, 0.05) is 20.1 Å². The van der Waals surface area contributed by atoms with Gasteiger partial charge in [-0.1, -0.05) is 56.3 Å². The van der Waals surface area contributed by atoms with Crippen molar-refractivity contribution in [1.82, 2.24) is 25.1 Å². The summed E-state index contributed by atoms with van der Waals surface area (Å²) in [6.45, 7) is 5.12. The molecule has 0 radical (unpaired) electrons. The van der Waals surface area contributed by atoms with Crippen molar-refractivity contribution < 1.29 is 19.1 Å². The zero-order valence-electron chi connectivity index (χ0n) is 21.4. The van der Waals surface area contributed by atoms with E-state index in [0.29, 0.717) is 19.5 Å². The standard InChI is InChI=1S/C27H35N5O4/c1-19(2)14-23-26(34)30(16-21-8-6-5-7-9-21)17-24-31(23)25(33)18-29(3)32(24)27(35)28-15-20-10-12-22(36-4)13-11-20/h5-13,19,23-24H,14-18H2,1-4H3,(H,28,35)/t23-,24-/m0/s1. The highest BCUT2D eigenvalue weighted by Crippen LogP contribution is 2.29. The lowest BCUT2D eigenvalue weighted by Gasteiger charge is -2.54. The number of nitrogens with zero attached hydrogens (tertiary/aromatic N) is 4. The van der Waals surface area contributed by atoms with Gasteiger partial charge in [-0.2, -0.15) is 0 Å². The number of urea groups is 1. The largest absolute Gasteiger partial charge is 0.497 e. The first-order chi connectivity index (χ1) is 17.3. The van der Waals surface area contributed by atoms with E-state index in [2.05, 4.69) is 5.32 Å². The number of hydrogen-bond donors (Lipinski definition) is 1. The van der Waals surface area contributed by atoms with Gasteiger partial charge in [0.05, 0.1) is 20.2 Å². The number of likely N-dealkylation sites (N-methyl/N-ethyl adjacent to an activating group) is 1. The molecular weight excluding hydrogens is 458 g/mol. The van der Waals surface area contributed by atoms with Gasteiger partial charge in [0.25, 0.3) is 0 Å². The maximum atomic E-state index is 13.6. The number of ether oxygens (including phenoxy) is 1. The molecule has 2 aliphatic heterocycles. The van der Waals surface area contributed by atoms with Crippen LogP contribution in [0.5, 0.6) is 5.75 Å². The Balaban J connectivity index is 1.58. The predicted molar refractivity (Wildman–Crippen MR) is 135 cm³/mol. The number of benzene rings is 2. The van der Waals surface area contributed by atoms with Crippen LogP contribution < -0.4 is 10.1 Å². The number of methoxy groups -OCH3 is 1. The smallest absolute Gasteiger partial charge is 0.334 e. The molecule has 0 aromatic heterocycles. The predicted octanol–water partition coefficient (Wildman–Crippen LogP) is 2.68. The fourth-order valence-corrected chi connectivity index (χ4v) is 4.93. The molecule has 9 nitrogen and oxygen atoms in total. The molecule has 0 bridgehead atoms. The van der Waals surface area contributed by atoms with Gasteiger partial charge < -0.3 is 19.9 Å². The van der Waals surface area contributed by atoms with Crippen LogP contribution >= 0.6 is 0 Å². The summed E-state index contributed by atoms with van der Waals surface area (Å²) in [5, 5.41) is 6.21. The van der Waals surface area contributed by atoms with E-state index < -0.39 is 12.2 Å². The highest BCUT2D eigenvalue weighted by Gasteiger charge is 2.50. The lowest BCUT2D eigenvalue weighted by molar-refractivity contribution is -0.188. The van der Waals surface area contributed by atoms with E-state index in [9.17, 15) is 14.4 Å². The van der Waals surface area contributed by atoms with Crippen molar-refractivity contribution in [3.05, 3.63) is 65.7 Å². The molecule has 4 amide bonds. The fourth-order valence-electron chi connectivity index (χ4n) is 4.93. The van der Waals surface area contributed by atoms with Crippen molar-refractivity contribution in [3.8, 4) is 5.75 Å². The Morgan fingerprint density at radius 2 is 1.75 bits per heavy atom. The van der Waals surface area contributed by atoms with E-state index in [4.69, 9.17) is 4.74 Å². The molecule has 2 atom stereocenters. The summed E-state index contributed by atoms with van der Waals surface area (Å²) in [5.74, 6) is 0.748.